The zero-order chi connectivity index (χ0) is 20.6. The van der Waals surface area contributed by atoms with Gasteiger partial charge in [-0.2, -0.15) is 5.10 Å². The van der Waals surface area contributed by atoms with Gasteiger partial charge in [0, 0.05) is 49.4 Å². The second-order valence-corrected chi connectivity index (χ2v) is 7.59. The number of nitrogens with zero attached hydrogens (tertiary/aromatic N) is 4. The fourth-order valence-corrected chi connectivity index (χ4v) is 3.21. The SMILES string of the molecule is CNCCN(C)Cc1cn(Cc2ccncc2)nc1-c1ccc(OC(C)C)cc1. The van der Waals surface area contributed by atoms with E-state index in [9.17, 15) is 0 Å². The average molecular weight is 394 g/mol. The van der Waals surface area contributed by atoms with Crippen LogP contribution in [0, 0.1) is 0 Å². The molecule has 0 aliphatic heterocycles. The Morgan fingerprint density at radius 3 is 2.48 bits per heavy atom. The van der Waals surface area contributed by atoms with Gasteiger partial charge < -0.3 is 15.0 Å². The lowest BCUT2D eigenvalue weighted by Crippen LogP contribution is -2.27. The smallest absolute Gasteiger partial charge is 0.119 e. The van der Waals surface area contributed by atoms with Crippen LogP contribution in [0.25, 0.3) is 11.3 Å². The lowest BCUT2D eigenvalue weighted by molar-refractivity contribution is 0.242. The van der Waals surface area contributed by atoms with Gasteiger partial charge in [0.1, 0.15) is 5.75 Å². The van der Waals surface area contributed by atoms with Crippen molar-refractivity contribution in [2.24, 2.45) is 0 Å². The van der Waals surface area contributed by atoms with E-state index in [0.717, 1.165) is 43.2 Å². The molecule has 1 N–H and O–H groups in total. The number of likely N-dealkylation sites (N-methyl/N-ethyl adjacent to an activating group) is 2. The Morgan fingerprint density at radius 2 is 1.83 bits per heavy atom. The largest absolute Gasteiger partial charge is 0.491 e. The van der Waals surface area contributed by atoms with Gasteiger partial charge in [-0.1, -0.05) is 0 Å². The number of benzene rings is 1. The van der Waals surface area contributed by atoms with E-state index in [1.165, 1.54) is 11.1 Å². The molecule has 0 radical (unpaired) electrons. The molecule has 0 saturated carbocycles. The first-order valence-electron chi connectivity index (χ1n) is 10.1. The molecule has 0 atom stereocenters. The fourth-order valence-electron chi connectivity index (χ4n) is 3.21. The molecule has 29 heavy (non-hydrogen) atoms. The summed E-state index contributed by atoms with van der Waals surface area (Å²) in [6, 6.07) is 12.3. The molecule has 0 aliphatic carbocycles. The molecular formula is C23H31N5O. The maximum Gasteiger partial charge on any atom is 0.119 e. The van der Waals surface area contributed by atoms with Crippen molar-refractivity contribution in [2.75, 3.05) is 27.2 Å². The number of hydrogen-bond acceptors (Lipinski definition) is 5. The van der Waals surface area contributed by atoms with E-state index < -0.39 is 0 Å². The topological polar surface area (TPSA) is 55.2 Å². The molecule has 0 saturated heterocycles. The summed E-state index contributed by atoms with van der Waals surface area (Å²) in [6.45, 7) is 7.58. The van der Waals surface area contributed by atoms with Crippen molar-refractivity contribution in [1.29, 1.82) is 0 Å². The second-order valence-electron chi connectivity index (χ2n) is 7.59. The summed E-state index contributed by atoms with van der Waals surface area (Å²) in [5.41, 5.74) is 4.53. The molecule has 2 heterocycles. The Labute approximate surface area is 173 Å². The molecule has 2 aromatic heterocycles. The zero-order valence-electron chi connectivity index (χ0n) is 17.8. The zero-order valence-corrected chi connectivity index (χ0v) is 17.8. The molecule has 0 spiro atoms. The quantitative estimate of drug-likeness (QED) is 0.572. The van der Waals surface area contributed by atoms with Gasteiger partial charge in [0.2, 0.25) is 0 Å². The third-order valence-electron chi connectivity index (χ3n) is 4.61. The number of pyridine rings is 1. The predicted molar refractivity (Wildman–Crippen MR) is 117 cm³/mol. The summed E-state index contributed by atoms with van der Waals surface area (Å²) in [4.78, 5) is 6.41. The van der Waals surface area contributed by atoms with Crippen LogP contribution in [0.4, 0.5) is 0 Å². The highest BCUT2D eigenvalue weighted by molar-refractivity contribution is 5.63. The summed E-state index contributed by atoms with van der Waals surface area (Å²) in [6.07, 6.45) is 5.96. The van der Waals surface area contributed by atoms with Crippen molar-refractivity contribution < 1.29 is 4.74 Å². The van der Waals surface area contributed by atoms with E-state index >= 15 is 0 Å². The minimum Gasteiger partial charge on any atom is -0.491 e. The summed E-state index contributed by atoms with van der Waals surface area (Å²) < 4.78 is 7.80. The van der Waals surface area contributed by atoms with E-state index in [2.05, 4.69) is 40.6 Å². The highest BCUT2D eigenvalue weighted by Crippen LogP contribution is 2.26. The maximum atomic E-state index is 5.78. The van der Waals surface area contributed by atoms with Crippen LogP contribution in [0.1, 0.15) is 25.0 Å². The monoisotopic (exact) mass is 393 g/mol. The standard InChI is InChI=1S/C23H31N5O/c1-18(2)29-22-7-5-20(6-8-22)23-21(16-27(4)14-13-24-3)17-28(26-23)15-19-9-11-25-12-10-19/h5-12,17-18,24H,13-16H2,1-4H3. The highest BCUT2D eigenvalue weighted by atomic mass is 16.5. The average Bonchev–Trinajstić information content (AvgIpc) is 3.09. The Balaban J connectivity index is 1.86. The van der Waals surface area contributed by atoms with E-state index in [-0.39, 0.29) is 6.10 Å². The van der Waals surface area contributed by atoms with Crippen LogP contribution in [-0.2, 0) is 13.1 Å². The molecule has 0 bridgehead atoms. The molecular weight excluding hydrogens is 362 g/mol. The number of aromatic nitrogens is 3. The lowest BCUT2D eigenvalue weighted by atomic mass is 10.1. The summed E-state index contributed by atoms with van der Waals surface area (Å²) >= 11 is 0. The van der Waals surface area contributed by atoms with E-state index in [1.54, 1.807) is 0 Å². The number of hydrogen-bond donors (Lipinski definition) is 1. The second kappa shape index (κ2) is 10.2. The van der Waals surface area contributed by atoms with Gasteiger partial charge in [-0.25, -0.2) is 0 Å². The van der Waals surface area contributed by atoms with Gasteiger partial charge in [-0.3, -0.25) is 9.67 Å². The molecule has 154 valence electrons. The lowest BCUT2D eigenvalue weighted by Gasteiger charge is -2.16. The van der Waals surface area contributed by atoms with Gasteiger partial charge in [0.05, 0.1) is 18.3 Å². The van der Waals surface area contributed by atoms with Crippen LogP contribution in [0.2, 0.25) is 0 Å². The summed E-state index contributed by atoms with van der Waals surface area (Å²) in [5.74, 6) is 0.882. The molecule has 6 nitrogen and oxygen atoms in total. The Kier molecular flexibility index (Phi) is 7.38. The van der Waals surface area contributed by atoms with Crippen LogP contribution in [0.3, 0.4) is 0 Å². The number of nitrogens with one attached hydrogen (secondary N) is 1. The minimum atomic E-state index is 0.164. The van der Waals surface area contributed by atoms with Gasteiger partial charge in [0.15, 0.2) is 0 Å². The Bertz CT molecular complexity index is 874. The highest BCUT2D eigenvalue weighted by Gasteiger charge is 2.14. The van der Waals surface area contributed by atoms with Crippen LogP contribution in [0.5, 0.6) is 5.75 Å². The van der Waals surface area contributed by atoms with Crippen molar-refractivity contribution in [1.82, 2.24) is 25.0 Å². The Morgan fingerprint density at radius 1 is 1.10 bits per heavy atom. The molecule has 0 unspecified atom stereocenters. The third-order valence-corrected chi connectivity index (χ3v) is 4.61. The molecule has 0 aliphatic rings. The molecule has 3 aromatic rings. The normalized spacial score (nSPS) is 11.4. The van der Waals surface area contributed by atoms with E-state index in [0.29, 0.717) is 0 Å². The van der Waals surface area contributed by atoms with Gasteiger partial charge in [0.25, 0.3) is 0 Å². The fraction of sp³-hybridized carbons (Fsp3) is 0.391. The predicted octanol–water partition coefficient (Wildman–Crippen LogP) is 3.43. The maximum absolute atomic E-state index is 5.78. The van der Waals surface area contributed by atoms with Crippen LogP contribution < -0.4 is 10.1 Å². The molecule has 1 aromatic carbocycles. The summed E-state index contributed by atoms with van der Waals surface area (Å²) in [5, 5.41) is 8.12. The first-order chi connectivity index (χ1) is 14.0. The van der Waals surface area contributed by atoms with Crippen molar-refractivity contribution in [3.8, 4) is 17.0 Å². The third kappa shape index (κ3) is 6.14. The first kappa shape index (κ1) is 21.0. The van der Waals surface area contributed by atoms with Crippen LogP contribution >= 0.6 is 0 Å². The van der Waals surface area contributed by atoms with Crippen LogP contribution in [0.15, 0.2) is 55.0 Å². The summed E-state index contributed by atoms with van der Waals surface area (Å²) in [7, 11) is 4.12. The van der Waals surface area contributed by atoms with Gasteiger partial charge >= 0.3 is 0 Å². The Hall–Kier alpha value is -2.70. The molecule has 0 amide bonds. The molecule has 6 heteroatoms. The van der Waals surface area contributed by atoms with Crippen LogP contribution in [-0.4, -0.2) is 53.0 Å². The van der Waals surface area contributed by atoms with Crippen molar-refractivity contribution >= 4 is 0 Å². The van der Waals surface area contributed by atoms with Crippen molar-refractivity contribution in [3.63, 3.8) is 0 Å². The minimum absolute atomic E-state index is 0.164. The van der Waals surface area contributed by atoms with E-state index in [1.807, 2.05) is 62.2 Å². The van der Waals surface area contributed by atoms with Crippen molar-refractivity contribution in [3.05, 3.63) is 66.1 Å². The number of ether oxygens (including phenoxy) is 1. The molecule has 0 fully saturated rings. The van der Waals surface area contributed by atoms with Gasteiger partial charge in [-0.15, -0.1) is 0 Å². The molecule has 3 rings (SSSR count). The first-order valence-corrected chi connectivity index (χ1v) is 10.1. The van der Waals surface area contributed by atoms with Gasteiger partial charge in [-0.05, 0) is 69.9 Å². The number of rotatable bonds is 10. The van der Waals surface area contributed by atoms with E-state index in [4.69, 9.17) is 9.84 Å². The van der Waals surface area contributed by atoms with Crippen molar-refractivity contribution in [2.45, 2.75) is 33.0 Å².